The summed E-state index contributed by atoms with van der Waals surface area (Å²) in [6, 6.07) is 17.8. The molecule has 2 N–H and O–H groups in total. The van der Waals surface area contributed by atoms with Gasteiger partial charge in [0, 0.05) is 50.8 Å². The van der Waals surface area contributed by atoms with E-state index in [4.69, 9.17) is 5.73 Å². The van der Waals surface area contributed by atoms with Crippen molar-refractivity contribution in [2.75, 3.05) is 38.5 Å². The van der Waals surface area contributed by atoms with Crippen LogP contribution in [0.25, 0.3) is 0 Å². The third kappa shape index (κ3) is 6.57. The molecule has 0 aliphatic carbocycles. The van der Waals surface area contributed by atoms with Gasteiger partial charge in [-0.05, 0) is 86.7 Å². The van der Waals surface area contributed by atoms with Crippen LogP contribution in [0.4, 0.5) is 19.0 Å². The minimum Gasteiger partial charge on any atom is -0.384 e. The van der Waals surface area contributed by atoms with Crippen molar-refractivity contribution in [3.8, 4) is 0 Å². The van der Waals surface area contributed by atoms with Gasteiger partial charge in [0.25, 0.3) is 0 Å². The van der Waals surface area contributed by atoms with Crippen molar-refractivity contribution in [3.63, 3.8) is 0 Å². The molecule has 3 aromatic rings. The van der Waals surface area contributed by atoms with Gasteiger partial charge in [0.2, 0.25) is 11.8 Å². The largest absolute Gasteiger partial charge is 0.416 e. The number of likely N-dealkylation sites (tertiary alicyclic amines) is 3. The number of nitrogens with zero attached hydrogens (tertiary/aromatic N) is 4. The van der Waals surface area contributed by atoms with E-state index in [9.17, 15) is 22.8 Å². The average molecular weight is 620 g/mol. The summed E-state index contributed by atoms with van der Waals surface area (Å²) in [5, 5.41) is 0. The van der Waals surface area contributed by atoms with Gasteiger partial charge in [-0.25, -0.2) is 4.98 Å². The molecule has 0 bridgehead atoms. The number of alkyl halides is 3. The number of nitrogen functional groups attached to an aromatic ring is 1. The van der Waals surface area contributed by atoms with Gasteiger partial charge in [0.1, 0.15) is 5.82 Å². The van der Waals surface area contributed by atoms with Crippen LogP contribution < -0.4 is 5.73 Å². The molecule has 0 saturated carbocycles. The maximum absolute atomic E-state index is 14.2. The molecule has 3 saturated heterocycles. The minimum absolute atomic E-state index is 0.0245. The molecule has 4 heterocycles. The van der Waals surface area contributed by atoms with Gasteiger partial charge >= 0.3 is 6.18 Å². The van der Waals surface area contributed by atoms with Crippen LogP contribution in [-0.2, 0) is 28.9 Å². The van der Waals surface area contributed by atoms with E-state index in [-0.39, 0.29) is 30.2 Å². The summed E-state index contributed by atoms with van der Waals surface area (Å²) in [7, 11) is 0. The number of halogens is 3. The summed E-state index contributed by atoms with van der Waals surface area (Å²) in [5.74, 6) is 0.507. The molecule has 6 rings (SSSR count). The van der Waals surface area contributed by atoms with E-state index in [1.165, 1.54) is 0 Å². The third-order valence-corrected chi connectivity index (χ3v) is 9.98. The smallest absolute Gasteiger partial charge is 0.384 e. The number of carbonyl (C=O) groups is 2. The van der Waals surface area contributed by atoms with Crippen LogP contribution in [0, 0.1) is 18.3 Å². The van der Waals surface area contributed by atoms with Crippen molar-refractivity contribution in [2.24, 2.45) is 11.3 Å². The van der Waals surface area contributed by atoms with Crippen molar-refractivity contribution in [3.05, 3.63) is 94.7 Å². The predicted molar refractivity (Wildman–Crippen MR) is 166 cm³/mol. The van der Waals surface area contributed by atoms with Crippen molar-refractivity contribution in [2.45, 2.75) is 57.8 Å². The standard InChI is InChI=1S/C35H40F3N5O2/c1-24-17-26(19-29(18-24)35(36,37)38)22-43-23-30(27-5-3-2-4-6-27)34(33(43)45)10-15-42(16-11-34)32(44)28-8-13-41(14-9-28)21-25-7-12-40-31(39)20-25/h2-7,12,17-20,28,30H,8-11,13-16,21-23H2,1H3,(H2,39,40). The van der Waals surface area contributed by atoms with Crippen LogP contribution in [0.1, 0.15) is 59.4 Å². The molecule has 2 amide bonds. The molecule has 2 aromatic carbocycles. The Kier molecular flexibility index (Phi) is 8.61. The molecule has 45 heavy (non-hydrogen) atoms. The van der Waals surface area contributed by atoms with Crippen LogP contribution in [0.5, 0.6) is 0 Å². The molecule has 1 unspecified atom stereocenters. The number of aryl methyl sites for hydroxylation is 1. The fraction of sp³-hybridized carbons (Fsp3) is 0.457. The molecule has 1 aromatic heterocycles. The Labute approximate surface area is 262 Å². The molecular weight excluding hydrogens is 579 g/mol. The summed E-state index contributed by atoms with van der Waals surface area (Å²) in [5.41, 5.74) is 7.60. The van der Waals surface area contributed by atoms with Crippen molar-refractivity contribution >= 4 is 17.6 Å². The van der Waals surface area contributed by atoms with Crippen LogP contribution in [0.2, 0.25) is 0 Å². The van der Waals surface area contributed by atoms with Gasteiger partial charge in [0.05, 0.1) is 11.0 Å². The summed E-state index contributed by atoms with van der Waals surface area (Å²) in [6.07, 6.45) is -0.0799. The zero-order valence-corrected chi connectivity index (χ0v) is 25.6. The SMILES string of the molecule is Cc1cc(CN2CC(c3ccccc3)C3(CCN(C(=O)C4CCN(Cc5ccnc(N)c5)CC4)CC3)C2=O)cc(C(F)(F)F)c1. The molecule has 3 aliphatic rings. The van der Waals surface area contributed by atoms with E-state index in [0.29, 0.717) is 49.4 Å². The van der Waals surface area contributed by atoms with Crippen molar-refractivity contribution in [1.82, 2.24) is 19.7 Å². The zero-order valence-electron chi connectivity index (χ0n) is 25.6. The number of amides is 2. The number of anilines is 1. The molecular formula is C35H40F3N5O2. The van der Waals surface area contributed by atoms with E-state index in [2.05, 4.69) is 9.88 Å². The summed E-state index contributed by atoms with van der Waals surface area (Å²) < 4.78 is 40.6. The molecule has 1 spiro atoms. The van der Waals surface area contributed by atoms with Gasteiger partial charge in [-0.1, -0.05) is 42.0 Å². The summed E-state index contributed by atoms with van der Waals surface area (Å²) >= 11 is 0. The van der Waals surface area contributed by atoms with Crippen molar-refractivity contribution < 1.29 is 22.8 Å². The molecule has 3 aliphatic heterocycles. The molecule has 238 valence electrons. The highest BCUT2D eigenvalue weighted by atomic mass is 19.4. The molecule has 7 nitrogen and oxygen atoms in total. The zero-order chi connectivity index (χ0) is 31.8. The first-order valence-corrected chi connectivity index (χ1v) is 15.8. The van der Waals surface area contributed by atoms with Gasteiger partial charge in [-0.3, -0.25) is 14.5 Å². The molecule has 10 heteroatoms. The highest BCUT2D eigenvalue weighted by molar-refractivity contribution is 5.87. The number of piperidine rings is 2. The second kappa shape index (κ2) is 12.5. The first-order chi connectivity index (χ1) is 21.5. The minimum atomic E-state index is -4.45. The Bertz CT molecular complexity index is 1530. The maximum Gasteiger partial charge on any atom is 0.416 e. The van der Waals surface area contributed by atoms with Crippen molar-refractivity contribution in [1.29, 1.82) is 0 Å². The van der Waals surface area contributed by atoms with Crippen LogP contribution >= 0.6 is 0 Å². The molecule has 0 radical (unpaired) electrons. The number of benzene rings is 2. The lowest BCUT2D eigenvalue weighted by Gasteiger charge is -2.43. The van der Waals surface area contributed by atoms with Crippen LogP contribution in [-0.4, -0.2) is 64.2 Å². The summed E-state index contributed by atoms with van der Waals surface area (Å²) in [4.78, 5) is 37.9. The first-order valence-electron chi connectivity index (χ1n) is 15.8. The van der Waals surface area contributed by atoms with E-state index in [1.54, 1.807) is 24.1 Å². The van der Waals surface area contributed by atoms with Gasteiger partial charge in [-0.15, -0.1) is 0 Å². The number of hydrogen-bond acceptors (Lipinski definition) is 5. The normalized spacial score (nSPS) is 21.1. The van der Waals surface area contributed by atoms with Gasteiger partial charge < -0.3 is 15.5 Å². The summed E-state index contributed by atoms with van der Waals surface area (Å²) in [6.45, 7) is 5.65. The highest BCUT2D eigenvalue weighted by Gasteiger charge is 2.55. The Morgan fingerprint density at radius 3 is 2.33 bits per heavy atom. The topological polar surface area (TPSA) is 82.8 Å². The number of carbonyl (C=O) groups excluding carboxylic acids is 2. The van der Waals surface area contributed by atoms with Crippen LogP contribution in [0.3, 0.4) is 0 Å². The van der Waals surface area contributed by atoms with E-state index < -0.39 is 17.2 Å². The third-order valence-electron chi connectivity index (χ3n) is 9.98. The number of nitrogens with two attached hydrogens (primary N) is 1. The van der Waals surface area contributed by atoms with E-state index in [0.717, 1.165) is 55.7 Å². The predicted octanol–water partition coefficient (Wildman–Crippen LogP) is 5.64. The van der Waals surface area contributed by atoms with Gasteiger partial charge in [-0.2, -0.15) is 13.2 Å². The lowest BCUT2D eigenvalue weighted by atomic mass is 9.67. The molecule has 3 fully saturated rings. The van der Waals surface area contributed by atoms with E-state index >= 15 is 0 Å². The number of pyridine rings is 1. The number of hydrogen-bond donors (Lipinski definition) is 1. The fourth-order valence-corrected chi connectivity index (χ4v) is 7.66. The highest BCUT2D eigenvalue weighted by Crippen LogP contribution is 2.51. The second-order valence-corrected chi connectivity index (χ2v) is 13.0. The number of aromatic nitrogens is 1. The Hall–Kier alpha value is -3.92. The fourth-order valence-electron chi connectivity index (χ4n) is 7.66. The van der Waals surface area contributed by atoms with Crippen LogP contribution in [0.15, 0.2) is 66.9 Å². The quantitative estimate of drug-likeness (QED) is 0.387. The van der Waals surface area contributed by atoms with E-state index in [1.807, 2.05) is 47.4 Å². The monoisotopic (exact) mass is 619 g/mol. The molecule has 1 atom stereocenters. The Morgan fingerprint density at radius 1 is 0.956 bits per heavy atom. The maximum atomic E-state index is 14.2. The van der Waals surface area contributed by atoms with Gasteiger partial charge in [0.15, 0.2) is 0 Å². The first kappa shape index (κ1) is 31.1. The number of rotatable bonds is 6. The Morgan fingerprint density at radius 2 is 1.67 bits per heavy atom. The average Bonchev–Trinajstić information content (AvgIpc) is 3.27. The lowest BCUT2D eigenvalue weighted by Crippen LogP contribution is -2.50. The second-order valence-electron chi connectivity index (χ2n) is 13.0. The Balaban J connectivity index is 1.13. The lowest BCUT2D eigenvalue weighted by molar-refractivity contribution is -0.146.